The Kier molecular flexibility index (Phi) is 3.45. The van der Waals surface area contributed by atoms with E-state index >= 15 is 0 Å². The van der Waals surface area contributed by atoms with E-state index in [1.165, 1.54) is 5.56 Å². The Morgan fingerprint density at radius 2 is 2.12 bits per heavy atom. The Labute approximate surface area is 105 Å². The molecule has 3 nitrogen and oxygen atoms in total. The van der Waals surface area contributed by atoms with Crippen LogP contribution in [0.3, 0.4) is 0 Å². The van der Waals surface area contributed by atoms with Crippen LogP contribution in [0, 0.1) is 13.8 Å². The number of thiazole rings is 1. The van der Waals surface area contributed by atoms with Gasteiger partial charge < -0.3 is 10.5 Å². The van der Waals surface area contributed by atoms with Gasteiger partial charge in [-0.15, -0.1) is 11.3 Å². The Balaban J connectivity index is 2.61. The molecule has 2 rings (SSSR count). The fourth-order valence-corrected chi connectivity index (χ4v) is 2.65. The lowest BCUT2D eigenvalue weighted by Crippen LogP contribution is -1.97. The highest BCUT2D eigenvalue weighted by atomic mass is 32.1. The molecular formula is C13H16N2OS. The maximum absolute atomic E-state index is 5.76. The fraction of sp³-hybridized carbons (Fsp3) is 0.308. The van der Waals surface area contributed by atoms with Gasteiger partial charge in [0.2, 0.25) is 0 Å². The number of aryl methyl sites for hydroxylation is 2. The predicted octanol–water partition coefficient (Wildman–Crippen LogP) is 2.89. The number of nitrogens with zero attached hydrogens (tertiary/aromatic N) is 1. The van der Waals surface area contributed by atoms with Gasteiger partial charge in [-0.3, -0.25) is 0 Å². The van der Waals surface area contributed by atoms with Gasteiger partial charge in [0, 0.05) is 17.0 Å². The van der Waals surface area contributed by atoms with Gasteiger partial charge in [0.25, 0.3) is 0 Å². The molecule has 1 heterocycles. The van der Waals surface area contributed by atoms with E-state index in [0.717, 1.165) is 26.9 Å². The van der Waals surface area contributed by atoms with Crippen molar-refractivity contribution >= 4 is 11.3 Å². The quantitative estimate of drug-likeness (QED) is 0.908. The van der Waals surface area contributed by atoms with E-state index in [1.54, 1.807) is 18.4 Å². The van der Waals surface area contributed by atoms with Gasteiger partial charge in [-0.1, -0.05) is 11.6 Å². The molecule has 0 bridgehead atoms. The Morgan fingerprint density at radius 1 is 1.35 bits per heavy atom. The van der Waals surface area contributed by atoms with Gasteiger partial charge in [-0.05, 0) is 26.0 Å². The molecule has 0 atom stereocenters. The average Bonchev–Trinajstić information content (AvgIpc) is 2.70. The highest BCUT2D eigenvalue weighted by Crippen LogP contribution is 2.34. The lowest BCUT2D eigenvalue weighted by atomic mass is 10.1. The second kappa shape index (κ2) is 4.85. The number of benzene rings is 1. The van der Waals surface area contributed by atoms with Crippen molar-refractivity contribution in [2.45, 2.75) is 20.4 Å². The van der Waals surface area contributed by atoms with Crippen molar-refractivity contribution in [1.29, 1.82) is 0 Å². The lowest BCUT2D eigenvalue weighted by molar-refractivity contribution is 0.416. The van der Waals surface area contributed by atoms with Crippen molar-refractivity contribution in [2.75, 3.05) is 7.11 Å². The number of nitrogens with two attached hydrogens (primary N) is 1. The summed E-state index contributed by atoms with van der Waals surface area (Å²) < 4.78 is 5.39. The van der Waals surface area contributed by atoms with Crippen LogP contribution in [0.25, 0.3) is 11.3 Å². The van der Waals surface area contributed by atoms with E-state index in [0.29, 0.717) is 6.54 Å². The summed E-state index contributed by atoms with van der Waals surface area (Å²) in [5, 5.41) is 1.03. The van der Waals surface area contributed by atoms with Crippen LogP contribution < -0.4 is 10.5 Å². The minimum absolute atomic E-state index is 0.512. The van der Waals surface area contributed by atoms with E-state index in [2.05, 4.69) is 18.0 Å². The van der Waals surface area contributed by atoms with Gasteiger partial charge >= 0.3 is 0 Å². The van der Waals surface area contributed by atoms with Crippen molar-refractivity contribution in [2.24, 2.45) is 5.73 Å². The first-order chi connectivity index (χ1) is 8.15. The summed E-state index contributed by atoms with van der Waals surface area (Å²) >= 11 is 1.64. The number of rotatable bonds is 3. The molecule has 0 fully saturated rings. The van der Waals surface area contributed by atoms with Crippen LogP contribution in [0.4, 0.5) is 0 Å². The van der Waals surface area contributed by atoms with Gasteiger partial charge in [0.1, 0.15) is 5.75 Å². The summed E-state index contributed by atoms with van der Waals surface area (Å²) in [7, 11) is 1.68. The lowest BCUT2D eigenvalue weighted by Gasteiger charge is -2.08. The van der Waals surface area contributed by atoms with Gasteiger partial charge in [0.15, 0.2) is 0 Å². The standard InChI is InChI=1S/C13H16N2OS/c1-8-4-5-11(16-3)10(6-8)13-12(7-14)17-9(2)15-13/h4-6H,7,14H2,1-3H3. The van der Waals surface area contributed by atoms with Crippen LogP contribution in [0.15, 0.2) is 18.2 Å². The normalized spacial score (nSPS) is 10.6. The molecule has 4 heteroatoms. The first-order valence-corrected chi connectivity index (χ1v) is 6.28. The zero-order valence-corrected chi connectivity index (χ0v) is 11.1. The summed E-state index contributed by atoms with van der Waals surface area (Å²) in [6.07, 6.45) is 0. The van der Waals surface area contributed by atoms with Crippen molar-refractivity contribution in [1.82, 2.24) is 4.98 Å². The van der Waals surface area contributed by atoms with E-state index in [4.69, 9.17) is 10.5 Å². The molecule has 17 heavy (non-hydrogen) atoms. The average molecular weight is 248 g/mol. The van der Waals surface area contributed by atoms with Crippen molar-refractivity contribution in [3.05, 3.63) is 33.6 Å². The zero-order valence-electron chi connectivity index (χ0n) is 10.3. The summed E-state index contributed by atoms with van der Waals surface area (Å²) in [5.74, 6) is 0.843. The predicted molar refractivity (Wildman–Crippen MR) is 71.5 cm³/mol. The SMILES string of the molecule is COc1ccc(C)cc1-c1nc(C)sc1CN. The minimum atomic E-state index is 0.512. The molecule has 0 saturated carbocycles. The number of aromatic nitrogens is 1. The smallest absolute Gasteiger partial charge is 0.128 e. The van der Waals surface area contributed by atoms with E-state index in [1.807, 2.05) is 19.1 Å². The molecule has 0 radical (unpaired) electrons. The van der Waals surface area contributed by atoms with E-state index in [9.17, 15) is 0 Å². The Morgan fingerprint density at radius 3 is 2.76 bits per heavy atom. The minimum Gasteiger partial charge on any atom is -0.496 e. The molecule has 0 unspecified atom stereocenters. The third-order valence-electron chi connectivity index (χ3n) is 2.60. The van der Waals surface area contributed by atoms with Crippen molar-refractivity contribution in [3.8, 4) is 17.0 Å². The highest BCUT2D eigenvalue weighted by molar-refractivity contribution is 7.12. The molecule has 90 valence electrons. The van der Waals surface area contributed by atoms with Crippen LogP contribution in [-0.2, 0) is 6.54 Å². The van der Waals surface area contributed by atoms with Crippen LogP contribution in [0.2, 0.25) is 0 Å². The number of ether oxygens (including phenoxy) is 1. The Bertz CT molecular complexity index is 534. The molecule has 0 spiro atoms. The fourth-order valence-electron chi connectivity index (χ4n) is 1.82. The monoisotopic (exact) mass is 248 g/mol. The van der Waals surface area contributed by atoms with Crippen LogP contribution >= 0.6 is 11.3 Å². The first-order valence-electron chi connectivity index (χ1n) is 5.47. The third kappa shape index (κ3) is 2.33. The van der Waals surface area contributed by atoms with E-state index in [-0.39, 0.29) is 0 Å². The molecule has 0 aliphatic carbocycles. The molecule has 0 aliphatic rings. The van der Waals surface area contributed by atoms with Crippen LogP contribution in [0.5, 0.6) is 5.75 Å². The van der Waals surface area contributed by atoms with E-state index < -0.39 is 0 Å². The largest absolute Gasteiger partial charge is 0.496 e. The van der Waals surface area contributed by atoms with Crippen LogP contribution in [0.1, 0.15) is 15.4 Å². The molecule has 1 aromatic heterocycles. The van der Waals surface area contributed by atoms with Crippen LogP contribution in [-0.4, -0.2) is 12.1 Å². The summed E-state index contributed by atoms with van der Waals surface area (Å²) in [5.41, 5.74) is 8.93. The van der Waals surface area contributed by atoms with Gasteiger partial charge in [-0.25, -0.2) is 4.98 Å². The summed E-state index contributed by atoms with van der Waals surface area (Å²) in [4.78, 5) is 5.66. The zero-order chi connectivity index (χ0) is 12.4. The Hall–Kier alpha value is -1.39. The molecule has 2 N–H and O–H groups in total. The molecular weight excluding hydrogens is 232 g/mol. The maximum Gasteiger partial charge on any atom is 0.128 e. The van der Waals surface area contributed by atoms with Gasteiger partial charge in [0.05, 0.1) is 17.8 Å². The first kappa shape index (κ1) is 12.1. The second-order valence-electron chi connectivity index (χ2n) is 3.91. The number of methoxy groups -OCH3 is 1. The molecule has 0 saturated heterocycles. The summed E-state index contributed by atoms with van der Waals surface area (Å²) in [6, 6.07) is 6.09. The molecule has 1 aromatic carbocycles. The molecule has 0 amide bonds. The highest BCUT2D eigenvalue weighted by Gasteiger charge is 2.14. The molecule has 2 aromatic rings. The summed E-state index contributed by atoms with van der Waals surface area (Å²) in [6.45, 7) is 4.57. The molecule has 0 aliphatic heterocycles. The second-order valence-corrected chi connectivity index (χ2v) is 5.20. The maximum atomic E-state index is 5.76. The third-order valence-corrected chi connectivity index (χ3v) is 3.59. The number of hydrogen-bond acceptors (Lipinski definition) is 4. The van der Waals surface area contributed by atoms with Crippen molar-refractivity contribution in [3.63, 3.8) is 0 Å². The topological polar surface area (TPSA) is 48.1 Å². The number of hydrogen-bond donors (Lipinski definition) is 1. The van der Waals surface area contributed by atoms with Gasteiger partial charge in [-0.2, -0.15) is 0 Å². The van der Waals surface area contributed by atoms with Crippen molar-refractivity contribution < 1.29 is 4.74 Å².